The molecule has 1 N–H and O–H groups in total. The van der Waals surface area contributed by atoms with Crippen molar-refractivity contribution in [2.45, 2.75) is 39.0 Å². The van der Waals surface area contributed by atoms with Crippen molar-refractivity contribution >= 4 is 40.1 Å². The van der Waals surface area contributed by atoms with Crippen LogP contribution in [0.15, 0.2) is 36.9 Å². The van der Waals surface area contributed by atoms with Gasteiger partial charge in [-0.1, -0.05) is 25.4 Å². The number of aromatic nitrogens is 5. The van der Waals surface area contributed by atoms with Crippen molar-refractivity contribution in [2.75, 3.05) is 18.0 Å². The number of ketones is 1. The van der Waals surface area contributed by atoms with Gasteiger partial charge in [0.15, 0.2) is 11.4 Å². The van der Waals surface area contributed by atoms with Crippen LogP contribution in [-0.4, -0.2) is 43.4 Å². The van der Waals surface area contributed by atoms with Crippen LogP contribution >= 0.6 is 22.9 Å². The smallest absolute Gasteiger partial charge is 0.165 e. The Morgan fingerprint density at radius 2 is 2.12 bits per heavy atom. The Hall–Kier alpha value is -2.71. The summed E-state index contributed by atoms with van der Waals surface area (Å²) < 4.78 is 2.77. The van der Waals surface area contributed by atoms with Gasteiger partial charge in [0, 0.05) is 37.2 Å². The zero-order chi connectivity index (χ0) is 22.2. The van der Waals surface area contributed by atoms with Gasteiger partial charge in [-0.3, -0.25) is 14.3 Å². The van der Waals surface area contributed by atoms with E-state index in [0.29, 0.717) is 12.0 Å². The van der Waals surface area contributed by atoms with Crippen molar-refractivity contribution in [3.8, 4) is 10.6 Å². The summed E-state index contributed by atoms with van der Waals surface area (Å²) in [6.45, 7) is 6.22. The summed E-state index contributed by atoms with van der Waals surface area (Å²) in [7, 11) is 0. The topological polar surface area (TPSA) is 79.2 Å². The first-order chi connectivity index (χ1) is 15.5. The van der Waals surface area contributed by atoms with Gasteiger partial charge in [-0.2, -0.15) is 5.10 Å². The molecule has 1 atom stereocenters. The Balaban J connectivity index is 1.56. The molecular weight excluding hydrogens is 444 g/mol. The van der Waals surface area contributed by atoms with Gasteiger partial charge in [0.2, 0.25) is 0 Å². The van der Waals surface area contributed by atoms with E-state index in [9.17, 15) is 4.79 Å². The summed E-state index contributed by atoms with van der Waals surface area (Å²) in [5.74, 6) is 1.48. The fourth-order valence-electron chi connectivity index (χ4n) is 4.28. The SMILES string of the molecule is CC1CCN(c2cc(C(=O)C[C@@H](C)c3ncn[nH]3)cn3c(-c4ccc(Cl)s4)cnc23)CC1. The van der Waals surface area contributed by atoms with Gasteiger partial charge < -0.3 is 4.90 Å². The van der Waals surface area contributed by atoms with Crippen LogP contribution in [0, 0.1) is 5.92 Å². The van der Waals surface area contributed by atoms with E-state index in [4.69, 9.17) is 16.6 Å². The number of fused-ring (bicyclic) bond motifs is 1. The van der Waals surface area contributed by atoms with Crippen molar-refractivity contribution in [3.05, 3.63) is 52.6 Å². The normalized spacial score (nSPS) is 16.0. The molecule has 0 bridgehead atoms. The summed E-state index contributed by atoms with van der Waals surface area (Å²) in [5.41, 5.74) is 3.52. The molecule has 4 aromatic rings. The maximum absolute atomic E-state index is 13.3. The predicted molar refractivity (Wildman–Crippen MR) is 128 cm³/mol. The van der Waals surface area contributed by atoms with Crippen LogP contribution in [-0.2, 0) is 0 Å². The average molecular weight is 469 g/mol. The molecule has 7 nitrogen and oxygen atoms in total. The number of carbonyl (C=O) groups excluding carboxylic acids is 1. The summed E-state index contributed by atoms with van der Waals surface area (Å²) in [6, 6.07) is 5.90. The molecule has 0 amide bonds. The number of pyridine rings is 1. The molecule has 166 valence electrons. The lowest BCUT2D eigenvalue weighted by molar-refractivity contribution is 0.0974. The number of anilines is 1. The molecule has 1 aliphatic rings. The van der Waals surface area contributed by atoms with Crippen LogP contribution < -0.4 is 4.90 Å². The predicted octanol–water partition coefficient (Wildman–Crippen LogP) is 5.45. The third kappa shape index (κ3) is 4.04. The second kappa shape index (κ2) is 8.67. The molecule has 0 spiro atoms. The molecule has 5 rings (SSSR count). The van der Waals surface area contributed by atoms with Crippen LogP contribution in [0.3, 0.4) is 0 Å². The van der Waals surface area contributed by atoms with Crippen molar-refractivity contribution in [1.29, 1.82) is 0 Å². The van der Waals surface area contributed by atoms with Gasteiger partial charge in [-0.25, -0.2) is 9.97 Å². The lowest BCUT2D eigenvalue weighted by atomic mass is 9.97. The highest BCUT2D eigenvalue weighted by Crippen LogP contribution is 2.35. The molecule has 5 heterocycles. The van der Waals surface area contributed by atoms with Crippen LogP contribution in [0.25, 0.3) is 16.2 Å². The highest BCUT2D eigenvalue weighted by atomic mass is 35.5. The molecule has 32 heavy (non-hydrogen) atoms. The quantitative estimate of drug-likeness (QED) is 0.381. The Bertz CT molecular complexity index is 1240. The summed E-state index contributed by atoms with van der Waals surface area (Å²) in [5, 5.41) is 6.78. The summed E-state index contributed by atoms with van der Waals surface area (Å²) >= 11 is 7.71. The van der Waals surface area contributed by atoms with Gasteiger partial charge in [-0.05, 0) is 37.0 Å². The number of carbonyl (C=O) groups is 1. The average Bonchev–Trinajstić information content (AvgIpc) is 3.54. The Morgan fingerprint density at radius 1 is 1.31 bits per heavy atom. The maximum atomic E-state index is 13.3. The molecule has 4 aromatic heterocycles. The number of aromatic amines is 1. The third-order valence-corrected chi connectivity index (χ3v) is 7.50. The van der Waals surface area contributed by atoms with Crippen molar-refractivity contribution in [3.63, 3.8) is 0 Å². The summed E-state index contributed by atoms with van der Waals surface area (Å²) in [6.07, 6.45) is 7.89. The maximum Gasteiger partial charge on any atom is 0.165 e. The summed E-state index contributed by atoms with van der Waals surface area (Å²) in [4.78, 5) is 25.7. The molecule has 9 heteroatoms. The number of rotatable bonds is 6. The third-order valence-electron chi connectivity index (χ3n) is 6.25. The minimum Gasteiger partial charge on any atom is -0.368 e. The van der Waals surface area contributed by atoms with E-state index in [2.05, 4.69) is 27.0 Å². The number of piperidine rings is 1. The molecule has 0 saturated carbocycles. The van der Waals surface area contributed by atoms with Crippen molar-refractivity contribution in [1.82, 2.24) is 24.6 Å². The number of thiophene rings is 1. The first kappa shape index (κ1) is 21.2. The number of H-pyrrole nitrogens is 1. The zero-order valence-corrected chi connectivity index (χ0v) is 19.7. The van der Waals surface area contributed by atoms with Crippen LogP contribution in [0.5, 0.6) is 0 Å². The first-order valence-corrected chi connectivity index (χ1v) is 12.1. The second-order valence-corrected chi connectivity index (χ2v) is 10.3. The van der Waals surface area contributed by atoms with E-state index in [1.807, 2.05) is 41.9 Å². The monoisotopic (exact) mass is 468 g/mol. The van der Waals surface area contributed by atoms with E-state index in [-0.39, 0.29) is 11.7 Å². The number of hydrogen-bond acceptors (Lipinski definition) is 6. The molecular formula is C23H25ClN6OS. The Kier molecular flexibility index (Phi) is 5.73. The first-order valence-electron chi connectivity index (χ1n) is 10.9. The zero-order valence-electron chi connectivity index (χ0n) is 18.1. The molecule has 1 saturated heterocycles. The van der Waals surface area contributed by atoms with E-state index in [1.54, 1.807) is 0 Å². The van der Waals surface area contributed by atoms with Crippen LogP contribution in [0.4, 0.5) is 5.69 Å². The van der Waals surface area contributed by atoms with E-state index >= 15 is 0 Å². The number of Topliss-reactive ketones (excluding diaryl/α,β-unsaturated/α-hetero) is 1. The minimum absolute atomic E-state index is 0.0432. The van der Waals surface area contributed by atoms with E-state index in [1.165, 1.54) is 17.7 Å². The lowest BCUT2D eigenvalue weighted by Gasteiger charge is -2.32. The molecule has 1 aliphatic heterocycles. The molecule has 0 radical (unpaired) electrons. The molecule has 1 fully saturated rings. The van der Waals surface area contributed by atoms with Gasteiger partial charge in [0.25, 0.3) is 0 Å². The van der Waals surface area contributed by atoms with Gasteiger partial charge >= 0.3 is 0 Å². The van der Waals surface area contributed by atoms with Gasteiger partial charge in [0.05, 0.1) is 26.8 Å². The van der Waals surface area contributed by atoms with E-state index < -0.39 is 0 Å². The van der Waals surface area contributed by atoms with Gasteiger partial charge in [0.1, 0.15) is 12.2 Å². The Labute approximate surface area is 195 Å². The fourth-order valence-corrected chi connectivity index (χ4v) is 5.33. The lowest BCUT2D eigenvalue weighted by Crippen LogP contribution is -2.33. The molecule has 0 unspecified atom stereocenters. The Morgan fingerprint density at radius 3 is 2.81 bits per heavy atom. The second-order valence-electron chi connectivity index (χ2n) is 8.62. The largest absolute Gasteiger partial charge is 0.368 e. The number of nitrogens with one attached hydrogen (secondary N) is 1. The van der Waals surface area contributed by atoms with Crippen molar-refractivity contribution in [2.24, 2.45) is 5.92 Å². The highest BCUT2D eigenvalue weighted by Gasteiger charge is 2.23. The highest BCUT2D eigenvalue weighted by molar-refractivity contribution is 7.19. The number of halogens is 1. The number of imidazole rings is 1. The van der Waals surface area contributed by atoms with Crippen LogP contribution in [0.1, 0.15) is 55.2 Å². The van der Waals surface area contributed by atoms with Crippen molar-refractivity contribution < 1.29 is 4.79 Å². The fraction of sp³-hybridized carbons (Fsp3) is 0.391. The standard InChI is InChI=1S/C23H25ClN6OS/c1-14-5-7-29(8-6-14)17-10-16(19(31)9-15(2)22-26-13-27-28-22)12-30-18(11-25-23(17)30)20-3-4-21(24)32-20/h3-4,10-15H,5-9H2,1-2H3,(H,26,27,28)/t15-/m1/s1. The van der Waals surface area contributed by atoms with Crippen LogP contribution in [0.2, 0.25) is 4.34 Å². The number of nitrogens with zero attached hydrogens (tertiary/aromatic N) is 5. The molecule has 0 aliphatic carbocycles. The van der Waals surface area contributed by atoms with Gasteiger partial charge in [-0.15, -0.1) is 11.3 Å². The van der Waals surface area contributed by atoms with E-state index in [0.717, 1.165) is 63.9 Å². The number of hydrogen-bond donors (Lipinski definition) is 1. The minimum atomic E-state index is -0.0432. The molecule has 0 aromatic carbocycles.